The molecule has 6 heteroatoms. The van der Waals surface area contributed by atoms with Crippen molar-refractivity contribution in [3.05, 3.63) is 59.2 Å². The summed E-state index contributed by atoms with van der Waals surface area (Å²) in [4.78, 5) is 2.41. The molecule has 2 aromatic rings. The van der Waals surface area contributed by atoms with Crippen LogP contribution >= 0.6 is 0 Å². The first-order chi connectivity index (χ1) is 17.3. The van der Waals surface area contributed by atoms with Crippen LogP contribution in [0.25, 0.3) is 0 Å². The van der Waals surface area contributed by atoms with Gasteiger partial charge < -0.3 is 29.2 Å². The van der Waals surface area contributed by atoms with Crippen molar-refractivity contribution in [2.45, 2.75) is 50.9 Å². The molecule has 2 atom stereocenters. The van der Waals surface area contributed by atoms with Crippen LogP contribution in [0.4, 0.5) is 5.69 Å². The van der Waals surface area contributed by atoms with E-state index in [1.54, 1.807) is 7.11 Å². The molecular weight excluding hydrogens is 440 g/mol. The van der Waals surface area contributed by atoms with Crippen LogP contribution in [0.15, 0.2) is 42.5 Å². The van der Waals surface area contributed by atoms with Gasteiger partial charge >= 0.3 is 0 Å². The second kappa shape index (κ2) is 12.2. The van der Waals surface area contributed by atoms with Gasteiger partial charge in [0, 0.05) is 39.3 Å². The molecule has 6 nitrogen and oxygen atoms in total. The predicted molar refractivity (Wildman–Crippen MR) is 138 cm³/mol. The van der Waals surface area contributed by atoms with Crippen LogP contribution in [-0.2, 0) is 27.4 Å². The molecule has 1 N–H and O–H groups in total. The highest BCUT2D eigenvalue weighted by atomic mass is 16.5. The Morgan fingerprint density at radius 1 is 1.03 bits per heavy atom. The number of hydrogen-bond acceptors (Lipinski definition) is 6. The number of hydrogen-bond donors (Lipinski definition) is 1. The van der Waals surface area contributed by atoms with Crippen molar-refractivity contribution in [1.29, 1.82) is 0 Å². The third-order valence-corrected chi connectivity index (χ3v) is 7.38. The molecule has 35 heavy (non-hydrogen) atoms. The van der Waals surface area contributed by atoms with Gasteiger partial charge in [0.15, 0.2) is 0 Å². The maximum atomic E-state index is 6.52. The molecule has 3 aliphatic rings. The SMILES string of the molecule is COCCCN1CCOc2ccc(COC3CNCCC3c3ccc(COCC4CC4)cc3)cc21. The third kappa shape index (κ3) is 6.76. The second-order valence-electron chi connectivity index (χ2n) is 10.1. The molecular formula is C29H40N2O4. The summed E-state index contributed by atoms with van der Waals surface area (Å²) in [5.41, 5.74) is 4.99. The minimum Gasteiger partial charge on any atom is -0.490 e. The van der Waals surface area contributed by atoms with Gasteiger partial charge in [-0.1, -0.05) is 30.3 Å². The zero-order valence-corrected chi connectivity index (χ0v) is 21.0. The van der Waals surface area contributed by atoms with Crippen LogP contribution in [0.2, 0.25) is 0 Å². The Bertz CT molecular complexity index is 931. The fraction of sp³-hybridized carbons (Fsp3) is 0.586. The molecule has 2 aliphatic heterocycles. The molecule has 1 aliphatic carbocycles. The number of nitrogens with zero attached hydrogens (tertiary/aromatic N) is 1. The van der Waals surface area contributed by atoms with Crippen LogP contribution in [0, 0.1) is 5.92 Å². The maximum Gasteiger partial charge on any atom is 0.142 e. The second-order valence-corrected chi connectivity index (χ2v) is 10.1. The molecule has 2 unspecified atom stereocenters. The van der Waals surface area contributed by atoms with Gasteiger partial charge in [-0.3, -0.25) is 0 Å². The van der Waals surface area contributed by atoms with E-state index in [0.717, 1.165) is 70.5 Å². The number of rotatable bonds is 12. The summed E-state index contributed by atoms with van der Waals surface area (Å²) in [5, 5.41) is 3.53. The molecule has 0 radical (unpaired) electrons. The normalized spacial score (nSPS) is 22.0. The molecule has 0 bridgehead atoms. The third-order valence-electron chi connectivity index (χ3n) is 7.38. The quantitative estimate of drug-likeness (QED) is 0.451. The lowest BCUT2D eigenvalue weighted by molar-refractivity contribution is 0.0106. The smallest absolute Gasteiger partial charge is 0.142 e. The molecule has 2 fully saturated rings. The predicted octanol–water partition coefficient (Wildman–Crippen LogP) is 4.51. The van der Waals surface area contributed by atoms with Crippen LogP contribution < -0.4 is 15.0 Å². The van der Waals surface area contributed by atoms with Gasteiger partial charge in [0.2, 0.25) is 0 Å². The summed E-state index contributed by atoms with van der Waals surface area (Å²) in [6, 6.07) is 15.5. The standard InChI is InChI=1S/C29H40N2O4/c1-32-15-2-13-31-14-16-34-28-10-7-24(17-27(28)31)21-35-29-18-30-12-11-26(29)25-8-5-23(6-9-25)20-33-19-22-3-4-22/h5-10,17,22,26,29-30H,2-4,11-16,18-21H2,1H3. The van der Waals surface area contributed by atoms with E-state index in [0.29, 0.717) is 19.1 Å². The minimum absolute atomic E-state index is 0.158. The van der Waals surface area contributed by atoms with Gasteiger partial charge in [0.05, 0.1) is 31.5 Å². The minimum atomic E-state index is 0.158. The first-order valence-electron chi connectivity index (χ1n) is 13.3. The van der Waals surface area contributed by atoms with Gasteiger partial charge in [0.1, 0.15) is 12.4 Å². The van der Waals surface area contributed by atoms with E-state index in [4.69, 9.17) is 18.9 Å². The van der Waals surface area contributed by atoms with E-state index in [1.165, 1.54) is 35.2 Å². The molecule has 190 valence electrons. The van der Waals surface area contributed by atoms with Crippen molar-refractivity contribution in [3.8, 4) is 5.75 Å². The van der Waals surface area contributed by atoms with E-state index in [9.17, 15) is 0 Å². The molecule has 2 heterocycles. The Labute approximate surface area is 209 Å². The Morgan fingerprint density at radius 3 is 2.71 bits per heavy atom. The molecule has 1 saturated carbocycles. The average molecular weight is 481 g/mol. The van der Waals surface area contributed by atoms with E-state index >= 15 is 0 Å². The molecule has 5 rings (SSSR count). The number of methoxy groups -OCH3 is 1. The van der Waals surface area contributed by atoms with E-state index in [2.05, 4.69) is 52.7 Å². The fourth-order valence-corrected chi connectivity index (χ4v) is 5.12. The lowest BCUT2D eigenvalue weighted by Gasteiger charge is -2.33. The largest absolute Gasteiger partial charge is 0.490 e. The molecule has 0 spiro atoms. The van der Waals surface area contributed by atoms with Crippen LogP contribution in [0.5, 0.6) is 5.75 Å². The van der Waals surface area contributed by atoms with Gasteiger partial charge in [0.25, 0.3) is 0 Å². The van der Waals surface area contributed by atoms with Crippen molar-refractivity contribution < 1.29 is 18.9 Å². The van der Waals surface area contributed by atoms with Crippen molar-refractivity contribution in [1.82, 2.24) is 5.32 Å². The zero-order chi connectivity index (χ0) is 23.9. The summed E-state index contributed by atoms with van der Waals surface area (Å²) in [6.45, 7) is 7.55. The number of piperidine rings is 1. The number of anilines is 1. The average Bonchev–Trinajstić information content (AvgIpc) is 3.73. The first-order valence-corrected chi connectivity index (χ1v) is 13.3. The highest BCUT2D eigenvalue weighted by Gasteiger charge is 2.27. The Morgan fingerprint density at radius 2 is 1.89 bits per heavy atom. The summed E-state index contributed by atoms with van der Waals surface area (Å²) < 4.78 is 23.5. The number of benzene rings is 2. The van der Waals surface area contributed by atoms with Gasteiger partial charge in [-0.25, -0.2) is 0 Å². The zero-order valence-electron chi connectivity index (χ0n) is 21.0. The molecule has 0 amide bonds. The first kappa shape index (κ1) is 24.6. The Balaban J connectivity index is 1.18. The highest BCUT2D eigenvalue weighted by molar-refractivity contribution is 5.61. The topological polar surface area (TPSA) is 52.2 Å². The Kier molecular flexibility index (Phi) is 8.58. The molecule has 0 aromatic heterocycles. The van der Waals surface area contributed by atoms with Gasteiger partial charge in [-0.2, -0.15) is 0 Å². The number of ether oxygens (including phenoxy) is 4. The van der Waals surface area contributed by atoms with Crippen LogP contribution in [0.3, 0.4) is 0 Å². The maximum absolute atomic E-state index is 6.52. The van der Waals surface area contributed by atoms with Crippen LogP contribution in [0.1, 0.15) is 48.3 Å². The summed E-state index contributed by atoms with van der Waals surface area (Å²) in [6.07, 6.45) is 4.93. The van der Waals surface area contributed by atoms with Crippen molar-refractivity contribution in [2.24, 2.45) is 5.92 Å². The van der Waals surface area contributed by atoms with Gasteiger partial charge in [-0.15, -0.1) is 0 Å². The lowest BCUT2D eigenvalue weighted by Crippen LogP contribution is -2.41. The highest BCUT2D eigenvalue weighted by Crippen LogP contribution is 2.34. The van der Waals surface area contributed by atoms with Gasteiger partial charge in [-0.05, 0) is 67.0 Å². The summed E-state index contributed by atoms with van der Waals surface area (Å²) >= 11 is 0. The molecule has 1 saturated heterocycles. The Hall–Kier alpha value is -2.12. The number of fused-ring (bicyclic) bond motifs is 1. The molecule has 2 aromatic carbocycles. The van der Waals surface area contributed by atoms with Crippen molar-refractivity contribution in [3.63, 3.8) is 0 Å². The monoisotopic (exact) mass is 480 g/mol. The van der Waals surface area contributed by atoms with E-state index in [1.807, 2.05) is 0 Å². The van der Waals surface area contributed by atoms with Crippen molar-refractivity contribution in [2.75, 3.05) is 58.0 Å². The lowest BCUT2D eigenvalue weighted by atomic mass is 9.87. The van der Waals surface area contributed by atoms with E-state index < -0.39 is 0 Å². The van der Waals surface area contributed by atoms with Crippen molar-refractivity contribution >= 4 is 5.69 Å². The fourth-order valence-electron chi connectivity index (χ4n) is 5.12. The number of nitrogens with one attached hydrogen (secondary N) is 1. The summed E-state index contributed by atoms with van der Waals surface area (Å²) in [7, 11) is 1.76. The van der Waals surface area contributed by atoms with E-state index in [-0.39, 0.29) is 6.10 Å². The van der Waals surface area contributed by atoms with Crippen LogP contribution in [-0.4, -0.2) is 59.2 Å². The summed E-state index contributed by atoms with van der Waals surface area (Å²) in [5.74, 6) is 2.18.